The first-order valence-electron chi connectivity index (χ1n) is 11.6. The van der Waals surface area contributed by atoms with Gasteiger partial charge in [0.2, 0.25) is 15.9 Å². The van der Waals surface area contributed by atoms with E-state index in [9.17, 15) is 13.2 Å². The molecule has 1 atom stereocenters. The molecule has 1 amide bonds. The smallest absolute Gasteiger partial charge is 0.243 e. The molecule has 2 fully saturated rings. The summed E-state index contributed by atoms with van der Waals surface area (Å²) in [6.45, 7) is 1.35. The van der Waals surface area contributed by atoms with Crippen LogP contribution in [0.3, 0.4) is 0 Å². The minimum absolute atomic E-state index is 0.0381. The third-order valence-corrected chi connectivity index (χ3v) is 8.71. The number of hydrogen-bond donors (Lipinski definition) is 0. The molecular weight excluding hydrogens is 456 g/mol. The van der Waals surface area contributed by atoms with E-state index in [4.69, 9.17) is 14.2 Å². The highest BCUT2D eigenvalue weighted by Gasteiger charge is 2.38. The first-order chi connectivity index (χ1) is 16.4. The standard InChI is InChI=1S/C25H32N2O6S/c1-31-20-7-4-6-19(16-20)22-8-5-13-27(22)25(28)18-11-14-26(15-12-18)34(29,30)21-9-10-23(32-2)24(17-21)33-3/h4,6-7,9-10,16-18,22H,5,8,11-15H2,1-3H3/t22-/m0/s1. The van der Waals surface area contributed by atoms with E-state index in [1.807, 2.05) is 29.2 Å². The zero-order chi connectivity index (χ0) is 24.3. The van der Waals surface area contributed by atoms with Crippen LogP contribution in [-0.2, 0) is 14.8 Å². The number of ether oxygens (including phenoxy) is 3. The molecule has 0 aromatic heterocycles. The van der Waals surface area contributed by atoms with Crippen molar-refractivity contribution in [1.29, 1.82) is 0 Å². The van der Waals surface area contributed by atoms with Crippen LogP contribution in [0.1, 0.15) is 37.3 Å². The Bertz CT molecular complexity index is 1130. The largest absolute Gasteiger partial charge is 0.497 e. The molecule has 2 aliphatic rings. The fourth-order valence-electron chi connectivity index (χ4n) is 4.93. The number of piperidine rings is 1. The normalized spacial score (nSPS) is 19.7. The molecule has 34 heavy (non-hydrogen) atoms. The summed E-state index contributed by atoms with van der Waals surface area (Å²) in [5.74, 6) is 1.57. The Labute approximate surface area is 201 Å². The Morgan fingerprint density at radius 1 is 0.882 bits per heavy atom. The van der Waals surface area contributed by atoms with Gasteiger partial charge < -0.3 is 19.1 Å². The van der Waals surface area contributed by atoms with Crippen LogP contribution in [0.2, 0.25) is 0 Å². The monoisotopic (exact) mass is 488 g/mol. The first kappa shape index (κ1) is 24.3. The Balaban J connectivity index is 1.43. The van der Waals surface area contributed by atoms with Crippen LogP contribution in [0.15, 0.2) is 47.4 Å². The Kier molecular flexibility index (Phi) is 7.33. The van der Waals surface area contributed by atoms with E-state index in [1.54, 1.807) is 13.2 Å². The van der Waals surface area contributed by atoms with Gasteiger partial charge in [0.25, 0.3) is 0 Å². The van der Waals surface area contributed by atoms with Crippen molar-refractivity contribution in [2.75, 3.05) is 41.0 Å². The van der Waals surface area contributed by atoms with Crippen molar-refractivity contribution >= 4 is 15.9 Å². The number of rotatable bonds is 7. The molecule has 0 radical (unpaired) electrons. The Hall–Kier alpha value is -2.78. The van der Waals surface area contributed by atoms with Crippen molar-refractivity contribution in [2.24, 2.45) is 5.92 Å². The lowest BCUT2D eigenvalue weighted by Gasteiger charge is -2.34. The highest BCUT2D eigenvalue weighted by molar-refractivity contribution is 7.89. The number of sulfonamides is 1. The van der Waals surface area contributed by atoms with Crippen LogP contribution in [0.5, 0.6) is 17.2 Å². The van der Waals surface area contributed by atoms with Crippen molar-refractivity contribution in [3.05, 3.63) is 48.0 Å². The summed E-state index contributed by atoms with van der Waals surface area (Å²) in [7, 11) is 0.931. The van der Waals surface area contributed by atoms with E-state index in [-0.39, 0.29) is 22.8 Å². The lowest BCUT2D eigenvalue weighted by molar-refractivity contribution is -0.137. The molecule has 2 heterocycles. The fraction of sp³-hybridized carbons (Fsp3) is 0.480. The lowest BCUT2D eigenvalue weighted by atomic mass is 9.95. The molecule has 0 spiro atoms. The second-order valence-electron chi connectivity index (χ2n) is 8.66. The van der Waals surface area contributed by atoms with Crippen molar-refractivity contribution < 1.29 is 27.4 Å². The third-order valence-electron chi connectivity index (χ3n) is 6.81. The van der Waals surface area contributed by atoms with Crippen molar-refractivity contribution in [1.82, 2.24) is 9.21 Å². The highest BCUT2D eigenvalue weighted by atomic mass is 32.2. The van der Waals surface area contributed by atoms with Gasteiger partial charge in [-0.3, -0.25) is 4.79 Å². The topological polar surface area (TPSA) is 85.4 Å². The Morgan fingerprint density at radius 3 is 2.29 bits per heavy atom. The second kappa shape index (κ2) is 10.2. The van der Waals surface area contributed by atoms with E-state index in [0.717, 1.165) is 30.7 Å². The molecule has 0 aliphatic carbocycles. The van der Waals surface area contributed by atoms with Crippen molar-refractivity contribution in [3.8, 4) is 17.2 Å². The zero-order valence-corrected chi connectivity index (χ0v) is 20.7. The van der Waals surface area contributed by atoms with E-state index in [2.05, 4.69) is 0 Å². The maximum Gasteiger partial charge on any atom is 0.243 e. The summed E-state index contributed by atoms with van der Waals surface area (Å²) >= 11 is 0. The maximum atomic E-state index is 13.4. The number of hydrogen-bond acceptors (Lipinski definition) is 6. The zero-order valence-electron chi connectivity index (χ0n) is 19.9. The summed E-state index contributed by atoms with van der Waals surface area (Å²) in [4.78, 5) is 15.5. The van der Waals surface area contributed by atoms with Gasteiger partial charge in [0.1, 0.15) is 5.75 Å². The summed E-state index contributed by atoms with van der Waals surface area (Å²) in [6.07, 6.45) is 2.89. The SMILES string of the molecule is COc1cccc([C@@H]2CCCN2C(=O)C2CCN(S(=O)(=O)c3ccc(OC)c(OC)c3)CC2)c1. The van der Waals surface area contributed by atoms with Gasteiger partial charge >= 0.3 is 0 Å². The lowest BCUT2D eigenvalue weighted by Crippen LogP contribution is -2.44. The number of carbonyl (C=O) groups is 1. The molecule has 4 rings (SSSR count). The summed E-state index contributed by atoms with van der Waals surface area (Å²) in [6, 6.07) is 12.5. The number of likely N-dealkylation sites (tertiary alicyclic amines) is 1. The van der Waals surface area contributed by atoms with E-state index in [1.165, 1.54) is 30.7 Å². The molecule has 184 valence electrons. The molecule has 0 saturated carbocycles. The molecule has 2 aliphatic heterocycles. The second-order valence-corrected chi connectivity index (χ2v) is 10.6. The van der Waals surface area contributed by atoms with Crippen LogP contribution in [0.4, 0.5) is 0 Å². The summed E-state index contributed by atoms with van der Waals surface area (Å²) in [5.41, 5.74) is 1.08. The maximum absolute atomic E-state index is 13.4. The van der Waals surface area contributed by atoms with E-state index < -0.39 is 10.0 Å². The van der Waals surface area contributed by atoms with Gasteiger partial charge in [-0.25, -0.2) is 8.42 Å². The van der Waals surface area contributed by atoms with Gasteiger partial charge in [0.05, 0.1) is 32.3 Å². The minimum Gasteiger partial charge on any atom is -0.497 e. The van der Waals surface area contributed by atoms with Crippen molar-refractivity contribution in [3.63, 3.8) is 0 Å². The van der Waals surface area contributed by atoms with Gasteiger partial charge in [-0.15, -0.1) is 0 Å². The highest BCUT2D eigenvalue weighted by Crippen LogP contribution is 2.37. The Morgan fingerprint density at radius 2 is 1.62 bits per heavy atom. The van der Waals surface area contributed by atoms with Gasteiger partial charge in [-0.2, -0.15) is 4.31 Å². The predicted octanol–water partition coefficient (Wildman–Crippen LogP) is 3.48. The number of benzene rings is 2. The third kappa shape index (κ3) is 4.72. The average Bonchev–Trinajstić information content (AvgIpc) is 3.38. The molecule has 2 saturated heterocycles. The van der Waals surface area contributed by atoms with E-state index >= 15 is 0 Å². The minimum atomic E-state index is -3.69. The predicted molar refractivity (Wildman–Crippen MR) is 128 cm³/mol. The molecule has 8 nitrogen and oxygen atoms in total. The number of amides is 1. The molecule has 2 aromatic rings. The fourth-order valence-corrected chi connectivity index (χ4v) is 6.42. The van der Waals surface area contributed by atoms with Gasteiger partial charge in [0.15, 0.2) is 11.5 Å². The van der Waals surface area contributed by atoms with Crippen LogP contribution in [0.25, 0.3) is 0 Å². The molecule has 0 N–H and O–H groups in total. The molecule has 0 unspecified atom stereocenters. The molecule has 9 heteroatoms. The van der Waals surface area contributed by atoms with Crippen LogP contribution < -0.4 is 14.2 Å². The average molecular weight is 489 g/mol. The number of methoxy groups -OCH3 is 3. The molecule has 0 bridgehead atoms. The summed E-state index contributed by atoms with van der Waals surface area (Å²) in [5, 5.41) is 0. The van der Waals surface area contributed by atoms with E-state index in [0.29, 0.717) is 37.4 Å². The van der Waals surface area contributed by atoms with Crippen molar-refractivity contribution in [2.45, 2.75) is 36.6 Å². The van der Waals surface area contributed by atoms with Gasteiger partial charge in [-0.05, 0) is 55.5 Å². The quantitative estimate of drug-likeness (QED) is 0.593. The molecule has 2 aromatic carbocycles. The first-order valence-corrected chi connectivity index (χ1v) is 13.0. The van der Waals surface area contributed by atoms with Crippen LogP contribution >= 0.6 is 0 Å². The summed E-state index contributed by atoms with van der Waals surface area (Å²) < 4.78 is 43.7. The van der Waals surface area contributed by atoms with Gasteiger partial charge in [-0.1, -0.05) is 12.1 Å². The molecular formula is C25H32N2O6S. The van der Waals surface area contributed by atoms with Gasteiger partial charge in [0, 0.05) is 31.6 Å². The number of nitrogens with zero attached hydrogens (tertiary/aromatic N) is 2. The number of carbonyl (C=O) groups excluding carboxylic acids is 1. The van der Waals surface area contributed by atoms with Crippen LogP contribution in [0, 0.1) is 5.92 Å². The van der Waals surface area contributed by atoms with Crippen LogP contribution in [-0.4, -0.2) is 64.5 Å².